The van der Waals surface area contributed by atoms with Crippen LogP contribution in [0.2, 0.25) is 0 Å². The van der Waals surface area contributed by atoms with Gasteiger partial charge in [0.2, 0.25) is 5.95 Å². The van der Waals surface area contributed by atoms with Crippen molar-refractivity contribution in [2.45, 2.75) is 18.9 Å². The summed E-state index contributed by atoms with van der Waals surface area (Å²) in [5, 5.41) is 11.1. The van der Waals surface area contributed by atoms with Crippen LogP contribution in [0, 0.1) is 0 Å². The van der Waals surface area contributed by atoms with Gasteiger partial charge >= 0.3 is 0 Å². The van der Waals surface area contributed by atoms with Gasteiger partial charge in [-0.1, -0.05) is 18.2 Å². The molecule has 1 amide bonds. The number of nitrogens with zero attached hydrogens (tertiary/aromatic N) is 5. The maximum absolute atomic E-state index is 13.4. The minimum Gasteiger partial charge on any atom is -0.391 e. The van der Waals surface area contributed by atoms with Gasteiger partial charge in [-0.25, -0.2) is 9.97 Å². The molecular weight excluding hydrogens is 354 g/mol. The Bertz CT molecular complexity index is 1180. The number of aliphatic hydroxyl groups is 1. The summed E-state index contributed by atoms with van der Waals surface area (Å²) in [5.41, 5.74) is 3.48. The molecule has 28 heavy (non-hydrogen) atoms. The number of carbonyl (C=O) groups is 1. The first-order valence-electron chi connectivity index (χ1n) is 9.49. The van der Waals surface area contributed by atoms with Crippen LogP contribution >= 0.6 is 0 Å². The monoisotopic (exact) mass is 375 g/mol. The first-order chi connectivity index (χ1) is 13.6. The fourth-order valence-corrected chi connectivity index (χ4v) is 4.18. The highest BCUT2D eigenvalue weighted by molar-refractivity contribution is 6.10. The molecule has 0 aliphatic carbocycles. The van der Waals surface area contributed by atoms with Crippen molar-refractivity contribution in [1.29, 1.82) is 0 Å². The van der Waals surface area contributed by atoms with Gasteiger partial charge in [0.25, 0.3) is 5.91 Å². The van der Waals surface area contributed by atoms with Crippen LogP contribution in [0.1, 0.15) is 23.3 Å². The molecule has 7 heteroatoms. The van der Waals surface area contributed by atoms with Gasteiger partial charge in [0.15, 0.2) is 0 Å². The van der Waals surface area contributed by atoms with Gasteiger partial charge in [0, 0.05) is 37.9 Å². The lowest BCUT2D eigenvalue weighted by Gasteiger charge is -2.30. The highest BCUT2D eigenvalue weighted by Crippen LogP contribution is 2.33. The third-order valence-electron chi connectivity index (χ3n) is 5.52. The second-order valence-corrected chi connectivity index (χ2v) is 7.27. The van der Waals surface area contributed by atoms with Gasteiger partial charge in [-0.3, -0.25) is 9.36 Å². The molecule has 142 valence electrons. The highest BCUT2D eigenvalue weighted by Gasteiger charge is 2.29. The number of piperidine rings is 1. The molecule has 1 aliphatic rings. The molecule has 0 bridgehead atoms. The van der Waals surface area contributed by atoms with Gasteiger partial charge in [-0.2, -0.15) is 0 Å². The van der Waals surface area contributed by atoms with Crippen molar-refractivity contribution in [3.8, 4) is 5.95 Å². The molecule has 0 spiro atoms. The molecule has 1 fully saturated rings. The van der Waals surface area contributed by atoms with Crippen LogP contribution in [-0.2, 0) is 7.05 Å². The molecule has 1 aromatic carbocycles. The van der Waals surface area contributed by atoms with Crippen LogP contribution in [0.3, 0.4) is 0 Å². The third-order valence-corrected chi connectivity index (χ3v) is 5.52. The van der Waals surface area contributed by atoms with Gasteiger partial charge in [0.05, 0.1) is 22.7 Å². The van der Waals surface area contributed by atoms with Gasteiger partial charge < -0.3 is 14.6 Å². The number of hydrogen-bond donors (Lipinski definition) is 1. The number of rotatable bonds is 2. The topological polar surface area (TPSA) is 76.2 Å². The second kappa shape index (κ2) is 6.45. The number of aryl methyl sites for hydroxylation is 1. The molecule has 1 unspecified atom stereocenters. The largest absolute Gasteiger partial charge is 0.391 e. The van der Waals surface area contributed by atoms with Crippen molar-refractivity contribution in [3.63, 3.8) is 0 Å². The summed E-state index contributed by atoms with van der Waals surface area (Å²) in [6.07, 6.45) is 4.43. The van der Waals surface area contributed by atoms with Gasteiger partial charge in [0.1, 0.15) is 5.69 Å². The van der Waals surface area contributed by atoms with Crippen LogP contribution in [0.25, 0.3) is 27.9 Å². The number of carbonyl (C=O) groups excluding carboxylic acids is 1. The van der Waals surface area contributed by atoms with E-state index in [-0.39, 0.29) is 5.91 Å². The molecule has 4 heterocycles. The molecule has 1 atom stereocenters. The minimum absolute atomic E-state index is 0.105. The lowest BCUT2D eigenvalue weighted by molar-refractivity contribution is 0.0467. The average molecular weight is 375 g/mol. The van der Waals surface area contributed by atoms with Crippen LogP contribution in [0.4, 0.5) is 0 Å². The Morgan fingerprint density at radius 2 is 1.93 bits per heavy atom. The predicted molar refractivity (Wildman–Crippen MR) is 106 cm³/mol. The fourth-order valence-electron chi connectivity index (χ4n) is 4.18. The number of likely N-dealkylation sites (tertiary alicyclic amines) is 1. The molecule has 0 saturated carbocycles. The number of β-amino-alcohol motifs (C(OH)–C–C–N with tert-alkyl or cyclic N) is 1. The number of para-hydroxylation sites is 1. The summed E-state index contributed by atoms with van der Waals surface area (Å²) < 4.78 is 3.94. The normalized spacial score (nSPS) is 17.5. The fraction of sp³-hybridized carbons (Fsp3) is 0.286. The lowest BCUT2D eigenvalue weighted by atomic mass is 10.1. The van der Waals surface area contributed by atoms with E-state index in [1.165, 1.54) is 0 Å². The Morgan fingerprint density at radius 1 is 1.14 bits per heavy atom. The molecule has 3 aromatic heterocycles. The molecule has 5 rings (SSSR count). The quantitative estimate of drug-likeness (QED) is 0.584. The highest BCUT2D eigenvalue weighted by atomic mass is 16.3. The summed E-state index contributed by atoms with van der Waals surface area (Å²) in [6.45, 7) is 1.00. The first-order valence-corrected chi connectivity index (χ1v) is 9.49. The van der Waals surface area contributed by atoms with Crippen LogP contribution in [-0.4, -0.2) is 54.2 Å². The Labute approximate surface area is 161 Å². The van der Waals surface area contributed by atoms with E-state index in [4.69, 9.17) is 0 Å². The Balaban J connectivity index is 1.77. The molecular formula is C21H21N5O2. The Hall–Kier alpha value is -3.19. The molecule has 1 saturated heterocycles. The van der Waals surface area contributed by atoms with Gasteiger partial charge in [-0.15, -0.1) is 0 Å². The number of benzene rings is 1. The van der Waals surface area contributed by atoms with Crippen molar-refractivity contribution in [1.82, 2.24) is 24.0 Å². The first kappa shape index (κ1) is 16.9. The van der Waals surface area contributed by atoms with Gasteiger partial charge in [-0.05, 0) is 31.0 Å². The average Bonchev–Trinajstić information content (AvgIpc) is 3.25. The molecule has 1 N–H and O–H groups in total. The number of aromatic nitrogens is 4. The lowest BCUT2D eigenvalue weighted by Crippen LogP contribution is -2.42. The predicted octanol–water partition coefficient (Wildman–Crippen LogP) is 2.51. The number of fused-ring (bicyclic) bond motifs is 3. The second-order valence-electron chi connectivity index (χ2n) is 7.27. The zero-order valence-corrected chi connectivity index (χ0v) is 15.6. The summed E-state index contributed by atoms with van der Waals surface area (Å²) >= 11 is 0. The Kier molecular flexibility index (Phi) is 3.91. The summed E-state index contributed by atoms with van der Waals surface area (Å²) in [6, 6.07) is 11.8. The zero-order valence-electron chi connectivity index (χ0n) is 15.6. The summed E-state index contributed by atoms with van der Waals surface area (Å²) in [7, 11) is 2.00. The van der Waals surface area contributed by atoms with E-state index in [9.17, 15) is 9.90 Å². The standard InChI is InChI=1S/C21H21N5O2/c1-24-16-8-3-2-7-15(16)19-17(24)12-18(26(19)21-22-9-5-10-23-21)20(28)25-11-4-6-14(27)13-25/h2-3,5,7-10,12,14,27H,4,6,11,13H2,1H3. The molecule has 4 aromatic rings. The van der Waals surface area contributed by atoms with Crippen molar-refractivity contribution >= 4 is 27.8 Å². The van der Waals surface area contributed by atoms with E-state index in [0.29, 0.717) is 24.7 Å². The SMILES string of the molecule is Cn1c2ccccc2c2c1cc(C(=O)N1CCCC(O)C1)n2-c1ncccn1. The number of aliphatic hydroxyl groups excluding tert-OH is 1. The minimum atomic E-state index is -0.468. The molecule has 1 aliphatic heterocycles. The van der Waals surface area contributed by atoms with E-state index in [1.54, 1.807) is 23.4 Å². The summed E-state index contributed by atoms with van der Waals surface area (Å²) in [5.74, 6) is 0.362. The third kappa shape index (κ3) is 2.51. The summed E-state index contributed by atoms with van der Waals surface area (Å²) in [4.78, 5) is 23.9. The van der Waals surface area contributed by atoms with E-state index < -0.39 is 6.10 Å². The van der Waals surface area contributed by atoms with Crippen molar-refractivity contribution in [3.05, 3.63) is 54.5 Å². The number of amides is 1. The van der Waals surface area contributed by atoms with Crippen molar-refractivity contribution < 1.29 is 9.90 Å². The maximum Gasteiger partial charge on any atom is 0.271 e. The smallest absolute Gasteiger partial charge is 0.271 e. The van der Waals surface area contributed by atoms with Crippen LogP contribution < -0.4 is 0 Å². The van der Waals surface area contributed by atoms with E-state index in [2.05, 4.69) is 26.7 Å². The van der Waals surface area contributed by atoms with E-state index in [0.717, 1.165) is 34.8 Å². The van der Waals surface area contributed by atoms with Crippen LogP contribution in [0.5, 0.6) is 0 Å². The number of hydrogen-bond acceptors (Lipinski definition) is 4. The molecule has 0 radical (unpaired) electrons. The Morgan fingerprint density at radius 3 is 2.71 bits per heavy atom. The van der Waals surface area contributed by atoms with Crippen molar-refractivity contribution in [2.24, 2.45) is 7.05 Å². The van der Waals surface area contributed by atoms with E-state index >= 15 is 0 Å². The zero-order chi connectivity index (χ0) is 19.3. The van der Waals surface area contributed by atoms with E-state index in [1.807, 2.05) is 29.8 Å². The van der Waals surface area contributed by atoms with Crippen molar-refractivity contribution in [2.75, 3.05) is 13.1 Å². The maximum atomic E-state index is 13.4. The van der Waals surface area contributed by atoms with Crippen LogP contribution in [0.15, 0.2) is 48.8 Å². The molecule has 7 nitrogen and oxygen atoms in total.